The minimum Gasteiger partial charge on any atom is -0.472 e. The number of thiol groups is 1. The van der Waals surface area contributed by atoms with Crippen LogP contribution in [0.4, 0.5) is 0 Å². The fourth-order valence-electron chi connectivity index (χ4n) is 1.81. The van der Waals surface area contributed by atoms with Crippen LogP contribution in [0, 0.1) is 0 Å². The topological polar surface area (TPSA) is 43.4 Å². The second-order valence-electron chi connectivity index (χ2n) is 3.67. The van der Waals surface area contributed by atoms with Gasteiger partial charge in [-0.1, -0.05) is 0 Å². The van der Waals surface area contributed by atoms with Crippen LogP contribution < -0.4 is 5.63 Å². The first-order valence-electron chi connectivity index (χ1n) is 5.03. The fraction of sp³-hybridized carbons (Fsp3) is 0. The monoisotopic (exact) mass is 244 g/mol. The summed E-state index contributed by atoms with van der Waals surface area (Å²) < 4.78 is 10.2. The molecule has 0 aliphatic carbocycles. The van der Waals surface area contributed by atoms with Crippen LogP contribution in [0.5, 0.6) is 0 Å². The zero-order chi connectivity index (χ0) is 11.8. The lowest BCUT2D eigenvalue weighted by Gasteiger charge is -2.03. The summed E-state index contributed by atoms with van der Waals surface area (Å²) in [5.41, 5.74) is 1.81. The van der Waals surface area contributed by atoms with Crippen molar-refractivity contribution in [2.45, 2.75) is 4.90 Å². The molecule has 84 valence electrons. The third kappa shape index (κ3) is 1.76. The van der Waals surface area contributed by atoms with Crippen LogP contribution in [0.25, 0.3) is 22.1 Å². The second kappa shape index (κ2) is 3.82. The van der Waals surface area contributed by atoms with Crippen molar-refractivity contribution in [2.75, 3.05) is 0 Å². The average Bonchev–Trinajstić information content (AvgIpc) is 2.80. The van der Waals surface area contributed by atoms with Gasteiger partial charge in [-0.3, -0.25) is 0 Å². The van der Waals surface area contributed by atoms with E-state index in [-0.39, 0.29) is 5.63 Å². The summed E-state index contributed by atoms with van der Waals surface area (Å²) in [6.45, 7) is 0. The molecular formula is C13H8O3S. The van der Waals surface area contributed by atoms with Crippen molar-refractivity contribution in [3.63, 3.8) is 0 Å². The predicted molar refractivity (Wildman–Crippen MR) is 67.4 cm³/mol. The maximum Gasteiger partial charge on any atom is 0.336 e. The Hall–Kier alpha value is -1.94. The summed E-state index contributed by atoms with van der Waals surface area (Å²) in [5, 5.41) is 0.865. The lowest BCUT2D eigenvalue weighted by atomic mass is 10.1. The molecule has 1 aromatic carbocycles. The lowest BCUT2D eigenvalue weighted by Crippen LogP contribution is -1.97. The van der Waals surface area contributed by atoms with Crippen molar-refractivity contribution in [3.05, 3.63) is 53.3 Å². The Bertz CT molecular complexity index is 726. The quantitative estimate of drug-likeness (QED) is 0.527. The van der Waals surface area contributed by atoms with E-state index in [1.807, 2.05) is 18.2 Å². The number of hydrogen-bond acceptors (Lipinski definition) is 4. The molecule has 4 heteroatoms. The SMILES string of the molecule is O=c1cc(-c2ccoc2)c2ccc(S)cc2o1. The van der Waals surface area contributed by atoms with Gasteiger partial charge in [0.1, 0.15) is 5.58 Å². The highest BCUT2D eigenvalue weighted by molar-refractivity contribution is 7.80. The summed E-state index contributed by atoms with van der Waals surface area (Å²) >= 11 is 4.22. The maximum atomic E-state index is 11.5. The van der Waals surface area contributed by atoms with E-state index < -0.39 is 0 Å². The first kappa shape index (κ1) is 10.2. The Morgan fingerprint density at radius 2 is 2.00 bits per heavy atom. The summed E-state index contributed by atoms with van der Waals surface area (Å²) in [5.74, 6) is 0. The molecule has 0 saturated carbocycles. The van der Waals surface area contributed by atoms with Gasteiger partial charge >= 0.3 is 5.63 Å². The lowest BCUT2D eigenvalue weighted by molar-refractivity contribution is 0.560. The van der Waals surface area contributed by atoms with Gasteiger partial charge in [0, 0.05) is 27.5 Å². The molecular weight excluding hydrogens is 236 g/mol. The first-order valence-corrected chi connectivity index (χ1v) is 5.48. The van der Waals surface area contributed by atoms with Gasteiger partial charge in [0.25, 0.3) is 0 Å². The van der Waals surface area contributed by atoms with Crippen molar-refractivity contribution in [1.82, 2.24) is 0 Å². The smallest absolute Gasteiger partial charge is 0.336 e. The van der Waals surface area contributed by atoms with E-state index in [9.17, 15) is 4.79 Å². The minimum atomic E-state index is -0.382. The average molecular weight is 244 g/mol. The molecule has 0 N–H and O–H groups in total. The standard InChI is InChI=1S/C13H8O3S/c14-13-6-11(8-3-4-15-7-8)10-2-1-9(17)5-12(10)16-13/h1-7,17H. The number of fused-ring (bicyclic) bond motifs is 1. The molecule has 0 radical (unpaired) electrons. The molecule has 3 aromatic rings. The molecule has 3 rings (SSSR count). The van der Waals surface area contributed by atoms with Gasteiger partial charge in [-0.2, -0.15) is 0 Å². The van der Waals surface area contributed by atoms with Crippen LogP contribution in [-0.4, -0.2) is 0 Å². The minimum absolute atomic E-state index is 0.382. The molecule has 0 saturated heterocycles. The van der Waals surface area contributed by atoms with Gasteiger partial charge < -0.3 is 8.83 Å². The summed E-state index contributed by atoms with van der Waals surface area (Å²) in [6, 6.07) is 8.73. The van der Waals surface area contributed by atoms with E-state index in [4.69, 9.17) is 8.83 Å². The molecule has 17 heavy (non-hydrogen) atoms. The normalized spacial score (nSPS) is 10.9. The van der Waals surface area contributed by atoms with E-state index in [0.717, 1.165) is 21.4 Å². The second-order valence-corrected chi connectivity index (χ2v) is 4.19. The van der Waals surface area contributed by atoms with Crippen molar-refractivity contribution in [3.8, 4) is 11.1 Å². The molecule has 0 aliphatic heterocycles. The van der Waals surface area contributed by atoms with E-state index in [1.165, 1.54) is 6.07 Å². The third-order valence-electron chi connectivity index (χ3n) is 2.56. The van der Waals surface area contributed by atoms with Gasteiger partial charge in [-0.25, -0.2) is 4.79 Å². The molecule has 0 unspecified atom stereocenters. The third-order valence-corrected chi connectivity index (χ3v) is 2.84. The van der Waals surface area contributed by atoms with Crippen molar-refractivity contribution in [1.29, 1.82) is 0 Å². The Labute approximate surface area is 102 Å². The van der Waals surface area contributed by atoms with Crippen molar-refractivity contribution >= 4 is 23.6 Å². The molecule has 2 heterocycles. The summed E-state index contributed by atoms with van der Waals surface area (Å²) in [7, 11) is 0. The summed E-state index contributed by atoms with van der Waals surface area (Å²) in [4.78, 5) is 12.2. The first-order chi connectivity index (χ1) is 8.24. The largest absolute Gasteiger partial charge is 0.472 e. The molecule has 0 atom stereocenters. The zero-order valence-electron chi connectivity index (χ0n) is 8.71. The fourth-order valence-corrected chi connectivity index (χ4v) is 2.00. The van der Waals surface area contributed by atoms with E-state index >= 15 is 0 Å². The highest BCUT2D eigenvalue weighted by Crippen LogP contribution is 2.28. The van der Waals surface area contributed by atoms with Gasteiger partial charge in [-0.05, 0) is 24.3 Å². The molecule has 0 spiro atoms. The van der Waals surface area contributed by atoms with E-state index in [1.54, 1.807) is 18.6 Å². The molecule has 2 aromatic heterocycles. The maximum absolute atomic E-state index is 11.5. The highest BCUT2D eigenvalue weighted by Gasteiger charge is 2.08. The number of furan rings is 1. The van der Waals surface area contributed by atoms with Crippen LogP contribution in [0.2, 0.25) is 0 Å². The molecule has 0 bridgehead atoms. The Kier molecular flexibility index (Phi) is 2.30. The Morgan fingerprint density at radius 1 is 1.12 bits per heavy atom. The summed E-state index contributed by atoms with van der Waals surface area (Å²) in [6.07, 6.45) is 3.17. The number of rotatable bonds is 1. The van der Waals surface area contributed by atoms with Crippen LogP contribution in [0.3, 0.4) is 0 Å². The van der Waals surface area contributed by atoms with Crippen molar-refractivity contribution < 1.29 is 8.83 Å². The van der Waals surface area contributed by atoms with Gasteiger partial charge in [-0.15, -0.1) is 12.6 Å². The van der Waals surface area contributed by atoms with Gasteiger partial charge in [0.05, 0.1) is 12.5 Å². The van der Waals surface area contributed by atoms with E-state index in [2.05, 4.69) is 12.6 Å². The Balaban J connectivity index is 2.42. The predicted octanol–water partition coefficient (Wildman–Crippen LogP) is 3.34. The number of hydrogen-bond donors (Lipinski definition) is 1. The Morgan fingerprint density at radius 3 is 2.76 bits per heavy atom. The van der Waals surface area contributed by atoms with Crippen LogP contribution in [0.1, 0.15) is 0 Å². The zero-order valence-corrected chi connectivity index (χ0v) is 9.61. The van der Waals surface area contributed by atoms with Crippen LogP contribution in [0.15, 0.2) is 61.4 Å². The van der Waals surface area contributed by atoms with Crippen molar-refractivity contribution in [2.24, 2.45) is 0 Å². The number of benzene rings is 1. The molecule has 0 aliphatic rings. The van der Waals surface area contributed by atoms with Gasteiger partial charge in [0.15, 0.2) is 0 Å². The molecule has 0 fully saturated rings. The van der Waals surface area contributed by atoms with Crippen LogP contribution in [-0.2, 0) is 0 Å². The highest BCUT2D eigenvalue weighted by atomic mass is 32.1. The molecule has 0 amide bonds. The van der Waals surface area contributed by atoms with E-state index in [0.29, 0.717) is 5.58 Å². The van der Waals surface area contributed by atoms with Gasteiger partial charge in [0.2, 0.25) is 0 Å². The molecule has 3 nitrogen and oxygen atoms in total. The van der Waals surface area contributed by atoms with Crippen LogP contribution >= 0.6 is 12.6 Å².